The van der Waals surface area contributed by atoms with Crippen LogP contribution in [0.4, 0.5) is 11.6 Å². The van der Waals surface area contributed by atoms with Gasteiger partial charge in [0.15, 0.2) is 11.6 Å². The molecule has 2 heterocycles. The molecule has 0 saturated carbocycles. The second kappa shape index (κ2) is 8.13. The molecular weight excluding hydrogens is 362 g/mol. The third-order valence-electron chi connectivity index (χ3n) is 4.10. The number of aryl methyl sites for hydroxylation is 1. The summed E-state index contributed by atoms with van der Waals surface area (Å²) in [5.41, 5.74) is 2.18. The van der Waals surface area contributed by atoms with Crippen molar-refractivity contribution in [3.05, 3.63) is 72.1 Å². The number of nitrogens with one attached hydrogen (secondary N) is 1. The van der Waals surface area contributed by atoms with Crippen LogP contribution < -0.4 is 9.62 Å². The summed E-state index contributed by atoms with van der Waals surface area (Å²) in [5, 5.41) is 8.11. The molecule has 1 N–H and O–H groups in total. The number of pyridine rings is 1. The smallest absolute Gasteiger partial charge is 0.263 e. The van der Waals surface area contributed by atoms with Crippen molar-refractivity contribution in [2.24, 2.45) is 0 Å². The molecule has 0 spiro atoms. The molecule has 0 aliphatic carbocycles. The van der Waals surface area contributed by atoms with Crippen LogP contribution in [-0.2, 0) is 16.4 Å². The maximum Gasteiger partial charge on any atom is 0.263 e. The molecule has 3 aromatic rings. The lowest BCUT2D eigenvalue weighted by atomic mass is 10.2. The quantitative estimate of drug-likeness (QED) is 0.675. The highest BCUT2D eigenvalue weighted by Crippen LogP contribution is 2.16. The SMILES string of the molecule is Cc1ccc(S(=O)(=O)Nc2ccc(N(C)CCc3ccncc3)nn2)cc1. The average Bonchev–Trinajstić information content (AvgIpc) is 2.67. The van der Waals surface area contributed by atoms with Crippen molar-refractivity contribution in [3.8, 4) is 0 Å². The minimum absolute atomic E-state index is 0.182. The van der Waals surface area contributed by atoms with E-state index in [0.29, 0.717) is 5.82 Å². The van der Waals surface area contributed by atoms with Gasteiger partial charge in [-0.25, -0.2) is 8.42 Å². The number of hydrogen-bond donors (Lipinski definition) is 1. The number of nitrogens with zero attached hydrogens (tertiary/aromatic N) is 4. The summed E-state index contributed by atoms with van der Waals surface area (Å²) in [4.78, 5) is 6.16. The Hall–Kier alpha value is -3.00. The predicted molar refractivity (Wildman–Crippen MR) is 105 cm³/mol. The largest absolute Gasteiger partial charge is 0.358 e. The molecule has 0 amide bonds. The Labute approximate surface area is 159 Å². The van der Waals surface area contributed by atoms with E-state index in [1.165, 1.54) is 5.56 Å². The van der Waals surface area contributed by atoms with E-state index in [0.717, 1.165) is 18.5 Å². The summed E-state index contributed by atoms with van der Waals surface area (Å²) in [5.74, 6) is 0.851. The molecule has 7 nitrogen and oxygen atoms in total. The van der Waals surface area contributed by atoms with Crippen molar-refractivity contribution in [3.63, 3.8) is 0 Å². The molecule has 27 heavy (non-hydrogen) atoms. The zero-order chi connectivity index (χ0) is 19.3. The summed E-state index contributed by atoms with van der Waals surface area (Å²) in [6.45, 7) is 2.66. The van der Waals surface area contributed by atoms with Gasteiger partial charge in [-0.3, -0.25) is 9.71 Å². The van der Waals surface area contributed by atoms with Crippen LogP contribution in [0, 0.1) is 6.92 Å². The van der Waals surface area contributed by atoms with Crippen LogP contribution in [-0.4, -0.2) is 37.2 Å². The van der Waals surface area contributed by atoms with Gasteiger partial charge in [-0.2, -0.15) is 0 Å². The van der Waals surface area contributed by atoms with Crippen molar-refractivity contribution >= 4 is 21.7 Å². The van der Waals surface area contributed by atoms with Crippen molar-refractivity contribution in [2.45, 2.75) is 18.2 Å². The molecule has 0 fully saturated rings. The van der Waals surface area contributed by atoms with Crippen molar-refractivity contribution in [2.75, 3.05) is 23.2 Å². The van der Waals surface area contributed by atoms with Gasteiger partial charge in [0, 0.05) is 26.0 Å². The number of anilines is 2. The Morgan fingerprint density at radius 1 is 0.963 bits per heavy atom. The topological polar surface area (TPSA) is 88.1 Å². The first-order chi connectivity index (χ1) is 12.9. The fourth-order valence-electron chi connectivity index (χ4n) is 2.46. The lowest BCUT2D eigenvalue weighted by Crippen LogP contribution is -2.22. The Bertz CT molecular complexity index is 975. The maximum absolute atomic E-state index is 12.4. The summed E-state index contributed by atoms with van der Waals surface area (Å²) >= 11 is 0. The second-order valence-corrected chi connectivity index (χ2v) is 7.90. The van der Waals surface area contributed by atoms with Crippen LogP contribution >= 0.6 is 0 Å². The Morgan fingerprint density at radius 2 is 1.67 bits per heavy atom. The molecular formula is C19H21N5O2S. The molecule has 3 rings (SSSR count). The number of hydrogen-bond acceptors (Lipinski definition) is 6. The number of likely N-dealkylation sites (N-methyl/N-ethyl adjacent to an activating group) is 1. The van der Waals surface area contributed by atoms with E-state index in [4.69, 9.17) is 0 Å². The molecule has 0 radical (unpaired) electrons. The zero-order valence-electron chi connectivity index (χ0n) is 15.2. The van der Waals surface area contributed by atoms with Crippen molar-refractivity contribution in [1.29, 1.82) is 0 Å². The van der Waals surface area contributed by atoms with Gasteiger partial charge < -0.3 is 4.90 Å². The van der Waals surface area contributed by atoms with Crippen LogP contribution in [0.2, 0.25) is 0 Å². The highest BCUT2D eigenvalue weighted by Gasteiger charge is 2.15. The highest BCUT2D eigenvalue weighted by atomic mass is 32.2. The van der Waals surface area contributed by atoms with Crippen LogP contribution in [0.15, 0.2) is 65.8 Å². The van der Waals surface area contributed by atoms with Gasteiger partial charge in [-0.15, -0.1) is 10.2 Å². The molecule has 0 bridgehead atoms. The van der Waals surface area contributed by atoms with Crippen LogP contribution in [0.3, 0.4) is 0 Å². The molecule has 1 aromatic carbocycles. The van der Waals surface area contributed by atoms with Crippen LogP contribution in [0.1, 0.15) is 11.1 Å². The lowest BCUT2D eigenvalue weighted by molar-refractivity contribution is 0.601. The molecule has 140 valence electrons. The number of benzene rings is 1. The minimum atomic E-state index is -3.68. The predicted octanol–water partition coefficient (Wildman–Crippen LogP) is 2.66. The van der Waals surface area contributed by atoms with Crippen LogP contribution in [0.25, 0.3) is 0 Å². The van der Waals surface area contributed by atoms with Gasteiger partial charge in [0.25, 0.3) is 10.0 Å². The first-order valence-corrected chi connectivity index (χ1v) is 9.96. The van der Waals surface area contributed by atoms with Crippen LogP contribution in [0.5, 0.6) is 0 Å². The number of aromatic nitrogens is 3. The van der Waals surface area contributed by atoms with Crippen molar-refractivity contribution < 1.29 is 8.42 Å². The fourth-order valence-corrected chi connectivity index (χ4v) is 3.45. The Balaban J connectivity index is 1.63. The third-order valence-corrected chi connectivity index (χ3v) is 5.47. The highest BCUT2D eigenvalue weighted by molar-refractivity contribution is 7.92. The average molecular weight is 383 g/mol. The molecule has 0 saturated heterocycles. The summed E-state index contributed by atoms with van der Waals surface area (Å²) < 4.78 is 27.2. The van der Waals surface area contributed by atoms with Gasteiger partial charge in [-0.1, -0.05) is 17.7 Å². The second-order valence-electron chi connectivity index (χ2n) is 6.22. The van der Waals surface area contributed by atoms with Gasteiger partial charge in [-0.05, 0) is 55.3 Å². The Kier molecular flexibility index (Phi) is 5.66. The van der Waals surface area contributed by atoms with Gasteiger partial charge in [0.1, 0.15) is 0 Å². The fraction of sp³-hybridized carbons (Fsp3) is 0.211. The minimum Gasteiger partial charge on any atom is -0.358 e. The van der Waals surface area contributed by atoms with E-state index in [9.17, 15) is 8.42 Å². The van der Waals surface area contributed by atoms with E-state index in [1.54, 1.807) is 48.8 Å². The summed E-state index contributed by atoms with van der Waals surface area (Å²) in [6, 6.07) is 13.9. The molecule has 0 atom stereocenters. The van der Waals surface area contributed by atoms with Gasteiger partial charge >= 0.3 is 0 Å². The maximum atomic E-state index is 12.4. The number of rotatable bonds is 7. The summed E-state index contributed by atoms with van der Waals surface area (Å²) in [6.07, 6.45) is 4.39. The zero-order valence-corrected chi connectivity index (χ0v) is 16.0. The summed E-state index contributed by atoms with van der Waals surface area (Å²) in [7, 11) is -1.76. The van der Waals surface area contributed by atoms with Gasteiger partial charge in [0.05, 0.1) is 4.90 Å². The lowest BCUT2D eigenvalue weighted by Gasteiger charge is -2.17. The molecule has 0 unspecified atom stereocenters. The molecule has 0 aliphatic rings. The molecule has 2 aromatic heterocycles. The molecule has 8 heteroatoms. The molecule has 0 aliphatic heterocycles. The first kappa shape index (κ1) is 18.8. The first-order valence-electron chi connectivity index (χ1n) is 8.47. The normalized spacial score (nSPS) is 11.2. The van der Waals surface area contributed by atoms with E-state index in [1.807, 2.05) is 31.0 Å². The Morgan fingerprint density at radius 3 is 2.30 bits per heavy atom. The van der Waals surface area contributed by atoms with Gasteiger partial charge in [0.2, 0.25) is 0 Å². The van der Waals surface area contributed by atoms with E-state index in [-0.39, 0.29) is 10.7 Å². The third kappa shape index (κ3) is 5.01. The van der Waals surface area contributed by atoms with Crippen molar-refractivity contribution in [1.82, 2.24) is 15.2 Å². The number of sulfonamides is 1. The van der Waals surface area contributed by atoms with E-state index < -0.39 is 10.0 Å². The van der Waals surface area contributed by atoms with E-state index in [2.05, 4.69) is 19.9 Å². The standard InChI is InChI=1S/C19H21N5O2S/c1-15-3-5-17(6-4-15)27(25,26)23-18-7-8-19(22-21-18)24(2)14-11-16-9-12-20-13-10-16/h3-10,12-13H,11,14H2,1-2H3,(H,21,23). The van der Waals surface area contributed by atoms with E-state index >= 15 is 0 Å². The monoisotopic (exact) mass is 383 g/mol.